The Kier molecular flexibility index (Phi) is 9.48. The Bertz CT molecular complexity index is 1290. The van der Waals surface area contributed by atoms with Crippen LogP contribution in [-0.4, -0.2) is 80.3 Å². The van der Waals surface area contributed by atoms with E-state index in [2.05, 4.69) is 41.5 Å². The molecule has 1 unspecified atom stereocenters. The fourth-order valence-electron chi connectivity index (χ4n) is 11.1. The number of piperidine rings is 1. The molecule has 3 saturated carbocycles. The average molecular weight is 623 g/mol. The van der Waals surface area contributed by atoms with Gasteiger partial charge in [-0.25, -0.2) is 4.99 Å². The number of allylic oxidation sites excluding steroid dienone is 1. The fourth-order valence-corrected chi connectivity index (χ4v) is 11.1. The lowest BCUT2D eigenvalue weighted by atomic mass is 9.45. The zero-order valence-electron chi connectivity index (χ0n) is 27.2. The number of aliphatic hydroxyl groups excluding tert-OH is 1. The molecular weight excluding hydrogens is 568 g/mol. The first-order chi connectivity index (χ1) is 21.7. The summed E-state index contributed by atoms with van der Waals surface area (Å²) in [6.45, 7) is 5.21. The maximum atomic E-state index is 13.1. The molecule has 4 fully saturated rings. The molecule has 2 spiro atoms. The number of rotatable bonds is 10. The second kappa shape index (κ2) is 13.1. The predicted molar refractivity (Wildman–Crippen MR) is 171 cm³/mol. The van der Waals surface area contributed by atoms with Crippen LogP contribution in [-0.2, 0) is 16.0 Å². The van der Waals surface area contributed by atoms with Crippen LogP contribution in [0, 0.1) is 34.5 Å². The highest BCUT2D eigenvalue weighted by atomic mass is 16.5. The second-order valence-electron chi connectivity index (χ2n) is 14.9. The molecule has 0 amide bonds. The van der Waals surface area contributed by atoms with Crippen molar-refractivity contribution in [1.82, 2.24) is 5.32 Å². The van der Waals surface area contributed by atoms with E-state index in [0.717, 1.165) is 81.5 Å². The van der Waals surface area contributed by atoms with Gasteiger partial charge in [0, 0.05) is 36.4 Å². The molecule has 9 nitrogen and oxygen atoms in total. The average Bonchev–Trinajstić information content (AvgIpc) is 3.38. The number of hydrogen-bond acceptors (Lipinski definition) is 7. The largest absolute Gasteiger partial charge is 0.545 e. The lowest BCUT2D eigenvalue weighted by Gasteiger charge is -2.60. The van der Waals surface area contributed by atoms with E-state index in [4.69, 9.17) is 10.5 Å². The number of carbonyl (C=O) groups is 1. The first kappa shape index (κ1) is 32.6. The summed E-state index contributed by atoms with van der Waals surface area (Å²) in [5, 5.41) is 38.6. The number of carboxylic acids is 1. The Labute approximate surface area is 268 Å². The third-order valence-corrected chi connectivity index (χ3v) is 12.9. The van der Waals surface area contributed by atoms with Gasteiger partial charge in [-0.1, -0.05) is 49.2 Å². The van der Waals surface area contributed by atoms with Crippen molar-refractivity contribution < 1.29 is 29.8 Å². The van der Waals surface area contributed by atoms with Crippen molar-refractivity contribution in [3.8, 4) is 0 Å². The first-order valence-corrected chi connectivity index (χ1v) is 17.4. The van der Waals surface area contributed by atoms with E-state index in [9.17, 15) is 20.1 Å². The van der Waals surface area contributed by atoms with Crippen molar-refractivity contribution in [3.63, 3.8) is 0 Å². The van der Waals surface area contributed by atoms with Gasteiger partial charge in [-0.3, -0.25) is 4.90 Å². The molecule has 1 heterocycles. The fraction of sp³-hybridized carbons (Fsp3) is 0.722. The Hall–Kier alpha value is -2.30. The topological polar surface area (TPSA) is 145 Å². The molecule has 4 aliphatic carbocycles. The smallest absolute Gasteiger partial charge is 0.293 e. The number of aliphatic imine (C=N–C) groups is 1. The van der Waals surface area contributed by atoms with Crippen molar-refractivity contribution in [2.24, 2.45) is 45.2 Å². The van der Waals surface area contributed by atoms with Crippen LogP contribution in [0.2, 0.25) is 0 Å². The second-order valence-corrected chi connectivity index (χ2v) is 14.9. The summed E-state index contributed by atoms with van der Waals surface area (Å²) in [5.41, 5.74) is 6.47. The van der Waals surface area contributed by atoms with Crippen LogP contribution in [0.3, 0.4) is 0 Å². The lowest BCUT2D eigenvalue weighted by Crippen LogP contribution is -3.19. The monoisotopic (exact) mass is 622 g/mol. The highest BCUT2D eigenvalue weighted by Crippen LogP contribution is 2.76. The van der Waals surface area contributed by atoms with Gasteiger partial charge in [0.05, 0.1) is 38.4 Å². The number of aliphatic hydroxyl groups is 2. The molecule has 248 valence electrons. The van der Waals surface area contributed by atoms with E-state index in [-0.39, 0.29) is 42.1 Å². The first-order valence-electron chi connectivity index (χ1n) is 17.4. The van der Waals surface area contributed by atoms with Gasteiger partial charge in [0.15, 0.2) is 0 Å². The highest BCUT2D eigenvalue weighted by Gasteiger charge is 2.75. The number of likely N-dealkylation sites (tertiary alicyclic amines) is 1. The molecule has 1 saturated heterocycles. The van der Waals surface area contributed by atoms with Crippen molar-refractivity contribution in [2.45, 2.75) is 82.8 Å². The minimum Gasteiger partial charge on any atom is -0.545 e. The van der Waals surface area contributed by atoms with Gasteiger partial charge in [0.25, 0.3) is 5.96 Å². The van der Waals surface area contributed by atoms with Crippen molar-refractivity contribution >= 4 is 11.9 Å². The summed E-state index contributed by atoms with van der Waals surface area (Å²) >= 11 is 0. The van der Waals surface area contributed by atoms with Gasteiger partial charge >= 0.3 is 0 Å². The number of ether oxygens (including phenoxy) is 1. The molecule has 1 aromatic rings. The van der Waals surface area contributed by atoms with Gasteiger partial charge in [0.1, 0.15) is 5.60 Å². The normalized spacial score (nSPS) is 39.8. The van der Waals surface area contributed by atoms with E-state index >= 15 is 0 Å². The number of guanidine groups is 1. The van der Waals surface area contributed by atoms with E-state index < -0.39 is 17.0 Å². The van der Waals surface area contributed by atoms with Crippen LogP contribution in [0.1, 0.15) is 70.3 Å². The van der Waals surface area contributed by atoms with Crippen LogP contribution in [0.25, 0.3) is 0 Å². The summed E-state index contributed by atoms with van der Waals surface area (Å²) in [7, 11) is 1.74. The van der Waals surface area contributed by atoms with E-state index in [0.29, 0.717) is 37.2 Å². The molecule has 0 aromatic heterocycles. The molecule has 6 N–H and O–H groups in total. The minimum absolute atomic E-state index is 0.00136. The molecular formula is C36H54N4O5. The molecule has 5 aliphatic rings. The summed E-state index contributed by atoms with van der Waals surface area (Å²) in [5.74, 6) is 0.595. The Morgan fingerprint density at radius 1 is 1.20 bits per heavy atom. The number of nitrogens with two attached hydrogens (primary N) is 1. The number of hydrogen-bond donors (Lipinski definition) is 5. The van der Waals surface area contributed by atoms with E-state index in [1.807, 2.05) is 6.07 Å². The predicted octanol–water partition coefficient (Wildman–Crippen LogP) is 0.840. The van der Waals surface area contributed by atoms with Crippen LogP contribution in [0.4, 0.5) is 0 Å². The standard InChI is InChI=1S/C36H54N4O5/c1-24-11-12-27-19-30-31(32(42)43)34(44,23-45-29-10-6-9-26(18-29)17-25-7-4-3-5-8-25)21-35(24,30)36(27)22-40(33(37)38-2)15-13-28(36)20-39-14-16-41/h3-5,7-8,24,26-29,39,41,44H,6,9-23H2,1-2H3,(H2,37,38)(H,42,43)/t24-,26+,27-,28+,29+,34-,35-,36-/m0/s1. The third-order valence-electron chi connectivity index (χ3n) is 12.9. The maximum absolute atomic E-state index is 13.1. The van der Waals surface area contributed by atoms with Crippen molar-refractivity contribution in [1.29, 1.82) is 0 Å². The number of carbonyl (C=O) groups excluding carboxylic acids is 1. The van der Waals surface area contributed by atoms with Crippen LogP contribution in [0.5, 0.6) is 0 Å². The molecule has 2 bridgehead atoms. The Morgan fingerprint density at radius 3 is 2.73 bits per heavy atom. The van der Waals surface area contributed by atoms with Crippen molar-refractivity contribution in [2.75, 3.05) is 46.4 Å². The molecule has 6 rings (SSSR count). The van der Waals surface area contributed by atoms with Gasteiger partial charge in [-0.05, 0) is 87.1 Å². The van der Waals surface area contributed by atoms with Gasteiger partial charge < -0.3 is 35.9 Å². The lowest BCUT2D eigenvalue weighted by molar-refractivity contribution is -0.828. The van der Waals surface area contributed by atoms with Gasteiger partial charge in [-0.2, -0.15) is 0 Å². The zero-order chi connectivity index (χ0) is 31.8. The third kappa shape index (κ3) is 5.56. The quantitative estimate of drug-likeness (QED) is 0.148. The Morgan fingerprint density at radius 2 is 2.00 bits per heavy atom. The minimum atomic E-state index is -1.60. The molecule has 1 aliphatic heterocycles. The maximum Gasteiger partial charge on any atom is 0.293 e. The van der Waals surface area contributed by atoms with Crippen LogP contribution in [0.15, 0.2) is 46.5 Å². The number of carboxylic acid groups (broad SMARTS) is 1. The van der Waals surface area contributed by atoms with E-state index in [1.54, 1.807) is 7.05 Å². The highest BCUT2D eigenvalue weighted by molar-refractivity contribution is 5.90. The van der Waals surface area contributed by atoms with Gasteiger partial charge in [0.2, 0.25) is 0 Å². The van der Waals surface area contributed by atoms with Crippen LogP contribution < -0.4 is 21.1 Å². The molecule has 9 heteroatoms. The zero-order valence-corrected chi connectivity index (χ0v) is 27.2. The molecule has 9 atom stereocenters. The molecule has 1 aromatic carbocycles. The number of nitrogens with one attached hydrogen (secondary N) is 2. The summed E-state index contributed by atoms with van der Waals surface area (Å²) in [6.07, 6.45) is 9.06. The molecule has 0 radical (unpaired) electrons. The summed E-state index contributed by atoms with van der Waals surface area (Å²) in [4.78, 5) is 18.6. The van der Waals surface area contributed by atoms with E-state index in [1.165, 1.54) is 5.56 Å². The summed E-state index contributed by atoms with van der Waals surface area (Å²) < 4.78 is 6.55. The van der Waals surface area contributed by atoms with Gasteiger partial charge in [-0.15, -0.1) is 0 Å². The number of quaternary nitrogens is 1. The number of benzene rings is 1. The SMILES string of the molecule is CN=C(N)[NH+]1CC[C@H](CNCCO)[C@]2(C1)[C@H]1CC[C@H](C)[C@]23C[C@](O)(CO[C@@H]2CCC[C@H](Cc4ccccc4)C2)C(C(=O)[O-])=C3C1. The van der Waals surface area contributed by atoms with Crippen LogP contribution >= 0.6 is 0 Å². The Balaban J connectivity index is 1.31. The van der Waals surface area contributed by atoms with Crippen molar-refractivity contribution in [3.05, 3.63) is 47.0 Å². The number of aliphatic carboxylic acids is 1. The summed E-state index contributed by atoms with van der Waals surface area (Å²) in [6, 6.07) is 10.6. The molecule has 45 heavy (non-hydrogen) atoms. The number of nitrogens with zero attached hydrogens (tertiary/aromatic N) is 1.